The lowest BCUT2D eigenvalue weighted by molar-refractivity contribution is -0.153. The molecule has 3 heteroatoms. The lowest BCUT2D eigenvalue weighted by Crippen LogP contribution is -2.56. The third kappa shape index (κ3) is 3.25. The summed E-state index contributed by atoms with van der Waals surface area (Å²) >= 11 is 0. The summed E-state index contributed by atoms with van der Waals surface area (Å²) in [5.41, 5.74) is -0.278. The molecule has 1 N–H and O–H groups in total. The molecule has 0 aromatic heterocycles. The van der Waals surface area contributed by atoms with Crippen molar-refractivity contribution >= 4 is 5.97 Å². The molecule has 2 unspecified atom stereocenters. The molecule has 0 aliphatic heterocycles. The zero-order valence-electron chi connectivity index (χ0n) is 12.8. The molecule has 0 bridgehead atoms. The monoisotopic (exact) mass is 255 g/mol. The van der Waals surface area contributed by atoms with Crippen LogP contribution in [0, 0.1) is 17.3 Å². The summed E-state index contributed by atoms with van der Waals surface area (Å²) in [6.45, 7) is 14.2. The zero-order chi connectivity index (χ0) is 14.0. The van der Waals surface area contributed by atoms with Crippen LogP contribution in [0.4, 0.5) is 0 Å². The maximum absolute atomic E-state index is 12.4. The number of nitrogens with one attached hydrogen (secondary N) is 1. The highest BCUT2D eigenvalue weighted by Crippen LogP contribution is 2.48. The number of carbonyl (C=O) groups excluding carboxylic acids is 1. The van der Waals surface area contributed by atoms with Gasteiger partial charge in [0.2, 0.25) is 0 Å². The molecule has 1 aliphatic carbocycles. The summed E-state index contributed by atoms with van der Waals surface area (Å²) in [4.78, 5) is 12.4. The minimum atomic E-state index is -0.482. The van der Waals surface area contributed by atoms with E-state index in [1.54, 1.807) is 0 Å². The Balaban J connectivity index is 2.91. The van der Waals surface area contributed by atoms with Gasteiger partial charge in [0.25, 0.3) is 0 Å². The van der Waals surface area contributed by atoms with E-state index in [1.807, 2.05) is 6.92 Å². The topological polar surface area (TPSA) is 38.3 Å². The molecule has 18 heavy (non-hydrogen) atoms. The molecule has 1 fully saturated rings. The van der Waals surface area contributed by atoms with Crippen LogP contribution in [0.25, 0.3) is 0 Å². The molecule has 106 valence electrons. The first-order chi connectivity index (χ1) is 8.23. The van der Waals surface area contributed by atoms with Crippen molar-refractivity contribution in [1.29, 1.82) is 0 Å². The third-order valence-corrected chi connectivity index (χ3v) is 3.92. The summed E-state index contributed by atoms with van der Waals surface area (Å²) in [5, 5.41) is 3.51. The molecular formula is C15H29NO2. The van der Waals surface area contributed by atoms with E-state index in [4.69, 9.17) is 4.74 Å². The molecule has 0 aromatic rings. The molecule has 0 amide bonds. The molecule has 2 atom stereocenters. The van der Waals surface area contributed by atoms with Gasteiger partial charge in [-0.05, 0) is 43.6 Å². The quantitative estimate of drug-likeness (QED) is 0.768. The van der Waals surface area contributed by atoms with Crippen molar-refractivity contribution < 1.29 is 9.53 Å². The average Bonchev–Trinajstić information content (AvgIpc) is 2.46. The van der Waals surface area contributed by atoms with Crippen molar-refractivity contribution in [2.75, 3.05) is 13.2 Å². The van der Waals surface area contributed by atoms with E-state index in [1.165, 1.54) is 0 Å². The van der Waals surface area contributed by atoms with Gasteiger partial charge in [-0.15, -0.1) is 0 Å². The van der Waals surface area contributed by atoms with Gasteiger partial charge in [0.05, 0.1) is 6.61 Å². The highest BCUT2D eigenvalue weighted by Gasteiger charge is 2.54. The number of ether oxygens (including phenoxy) is 1. The van der Waals surface area contributed by atoms with Crippen LogP contribution in [0.15, 0.2) is 0 Å². The first kappa shape index (κ1) is 15.5. The van der Waals surface area contributed by atoms with Gasteiger partial charge in [0.15, 0.2) is 0 Å². The number of rotatable bonds is 5. The lowest BCUT2D eigenvalue weighted by Gasteiger charge is -2.34. The Morgan fingerprint density at radius 2 is 2.06 bits per heavy atom. The second kappa shape index (κ2) is 5.60. The largest absolute Gasteiger partial charge is 0.465 e. The van der Waals surface area contributed by atoms with E-state index in [9.17, 15) is 4.79 Å². The number of esters is 1. The van der Waals surface area contributed by atoms with Crippen molar-refractivity contribution in [2.45, 2.75) is 59.9 Å². The van der Waals surface area contributed by atoms with Crippen molar-refractivity contribution in [2.24, 2.45) is 17.3 Å². The first-order valence-electron chi connectivity index (χ1n) is 7.16. The Labute approximate surface area is 112 Å². The first-order valence-corrected chi connectivity index (χ1v) is 7.16. The number of hydrogen-bond donors (Lipinski definition) is 1. The van der Waals surface area contributed by atoms with Crippen molar-refractivity contribution in [1.82, 2.24) is 5.32 Å². The summed E-state index contributed by atoms with van der Waals surface area (Å²) < 4.78 is 5.32. The smallest absolute Gasteiger partial charge is 0.326 e. The Morgan fingerprint density at radius 1 is 1.44 bits per heavy atom. The zero-order valence-corrected chi connectivity index (χ0v) is 12.8. The second-order valence-corrected chi connectivity index (χ2v) is 6.91. The summed E-state index contributed by atoms with van der Waals surface area (Å²) in [7, 11) is 0. The van der Waals surface area contributed by atoms with Crippen LogP contribution >= 0.6 is 0 Å². The highest BCUT2D eigenvalue weighted by molar-refractivity contribution is 5.82. The van der Waals surface area contributed by atoms with Gasteiger partial charge in [-0.25, -0.2) is 0 Å². The second-order valence-electron chi connectivity index (χ2n) is 6.91. The van der Waals surface area contributed by atoms with Crippen LogP contribution < -0.4 is 5.32 Å². The van der Waals surface area contributed by atoms with E-state index < -0.39 is 5.54 Å². The Morgan fingerprint density at radius 3 is 2.44 bits per heavy atom. The van der Waals surface area contributed by atoms with Gasteiger partial charge in [-0.2, -0.15) is 0 Å². The van der Waals surface area contributed by atoms with Crippen LogP contribution in [-0.2, 0) is 9.53 Å². The van der Waals surface area contributed by atoms with Gasteiger partial charge < -0.3 is 10.1 Å². The summed E-state index contributed by atoms with van der Waals surface area (Å²) in [5.74, 6) is 0.793. The predicted molar refractivity (Wildman–Crippen MR) is 74.4 cm³/mol. The van der Waals surface area contributed by atoms with Crippen LogP contribution in [0.5, 0.6) is 0 Å². The van der Waals surface area contributed by atoms with Gasteiger partial charge in [0, 0.05) is 0 Å². The molecule has 0 spiro atoms. The molecule has 1 saturated carbocycles. The molecular weight excluding hydrogens is 226 g/mol. The highest BCUT2D eigenvalue weighted by atomic mass is 16.5. The van der Waals surface area contributed by atoms with Gasteiger partial charge in [-0.3, -0.25) is 4.79 Å². The van der Waals surface area contributed by atoms with Crippen LogP contribution in [0.2, 0.25) is 0 Å². The third-order valence-electron chi connectivity index (χ3n) is 3.92. The van der Waals surface area contributed by atoms with Gasteiger partial charge >= 0.3 is 5.97 Å². The predicted octanol–water partition coefficient (Wildman–Crippen LogP) is 2.99. The molecule has 0 saturated heterocycles. The van der Waals surface area contributed by atoms with Gasteiger partial charge in [-0.1, -0.05) is 34.6 Å². The minimum absolute atomic E-state index is 0.0660. The van der Waals surface area contributed by atoms with E-state index in [2.05, 4.69) is 39.9 Å². The fourth-order valence-corrected chi connectivity index (χ4v) is 3.23. The molecule has 0 heterocycles. The fraction of sp³-hybridized carbons (Fsp3) is 0.933. The molecule has 0 aromatic carbocycles. The van der Waals surface area contributed by atoms with E-state index in [0.717, 1.165) is 19.4 Å². The maximum atomic E-state index is 12.4. The number of carbonyl (C=O) groups is 1. The Hall–Kier alpha value is -0.570. The summed E-state index contributed by atoms with van der Waals surface area (Å²) in [6, 6.07) is 0. The van der Waals surface area contributed by atoms with Crippen LogP contribution in [0.3, 0.4) is 0 Å². The van der Waals surface area contributed by atoms with E-state index in [-0.39, 0.29) is 11.4 Å². The Kier molecular flexibility index (Phi) is 4.82. The number of hydrogen-bond acceptors (Lipinski definition) is 3. The standard InChI is InChI=1S/C15H29NO2/c1-7-18-13(17)15(16-9-11(2)3)10-14(5,6)8-12(15)4/h11-12,16H,7-10H2,1-6H3. The van der Waals surface area contributed by atoms with Crippen LogP contribution in [0.1, 0.15) is 54.4 Å². The summed E-state index contributed by atoms with van der Waals surface area (Å²) in [6.07, 6.45) is 1.93. The van der Waals surface area contributed by atoms with Crippen molar-refractivity contribution in [3.63, 3.8) is 0 Å². The molecule has 1 aliphatic rings. The van der Waals surface area contributed by atoms with E-state index in [0.29, 0.717) is 18.4 Å². The molecule has 1 rings (SSSR count). The molecule has 3 nitrogen and oxygen atoms in total. The average molecular weight is 255 g/mol. The lowest BCUT2D eigenvalue weighted by atomic mass is 9.86. The van der Waals surface area contributed by atoms with E-state index >= 15 is 0 Å². The molecule has 0 radical (unpaired) electrons. The fourth-order valence-electron chi connectivity index (χ4n) is 3.23. The minimum Gasteiger partial charge on any atom is -0.465 e. The Bertz CT molecular complexity index is 299. The SMILES string of the molecule is CCOC(=O)C1(NCC(C)C)CC(C)(C)CC1C. The van der Waals surface area contributed by atoms with Crippen molar-refractivity contribution in [3.05, 3.63) is 0 Å². The van der Waals surface area contributed by atoms with Gasteiger partial charge in [0.1, 0.15) is 5.54 Å². The van der Waals surface area contributed by atoms with Crippen molar-refractivity contribution in [3.8, 4) is 0 Å². The van der Waals surface area contributed by atoms with Crippen LogP contribution in [-0.4, -0.2) is 24.7 Å². The maximum Gasteiger partial charge on any atom is 0.326 e. The normalized spacial score (nSPS) is 30.7.